The van der Waals surface area contributed by atoms with Gasteiger partial charge in [0.1, 0.15) is 24.2 Å². The number of nitrogens with zero attached hydrogens (tertiary/aromatic N) is 2. The first-order valence-corrected chi connectivity index (χ1v) is 8.15. The highest BCUT2D eigenvalue weighted by Crippen LogP contribution is 2.16. The van der Waals surface area contributed by atoms with Crippen molar-refractivity contribution in [3.63, 3.8) is 0 Å². The minimum absolute atomic E-state index is 0.0320. The topological polar surface area (TPSA) is 97.5 Å². The lowest BCUT2D eigenvalue weighted by Gasteiger charge is -2.13. The van der Waals surface area contributed by atoms with Gasteiger partial charge in [-0.25, -0.2) is 0 Å². The third-order valence-electron chi connectivity index (χ3n) is 3.59. The summed E-state index contributed by atoms with van der Waals surface area (Å²) >= 11 is 0. The Labute approximate surface area is 150 Å². The summed E-state index contributed by atoms with van der Waals surface area (Å²) in [6, 6.07) is 14.4. The van der Waals surface area contributed by atoms with Crippen LogP contribution in [0, 0.1) is 6.92 Å². The predicted molar refractivity (Wildman–Crippen MR) is 94.7 cm³/mol. The molecule has 2 heterocycles. The van der Waals surface area contributed by atoms with Gasteiger partial charge in [0.25, 0.3) is 5.91 Å². The van der Waals surface area contributed by atoms with Crippen LogP contribution in [0.3, 0.4) is 0 Å². The van der Waals surface area contributed by atoms with Crippen molar-refractivity contribution >= 4 is 5.91 Å². The van der Waals surface area contributed by atoms with E-state index in [9.17, 15) is 9.90 Å². The van der Waals surface area contributed by atoms with Gasteiger partial charge in [-0.05, 0) is 36.8 Å². The highest BCUT2D eigenvalue weighted by Gasteiger charge is 2.16. The van der Waals surface area contributed by atoms with Crippen LogP contribution in [-0.4, -0.2) is 40.4 Å². The fourth-order valence-corrected chi connectivity index (χ4v) is 2.27. The van der Waals surface area contributed by atoms with Gasteiger partial charge < -0.3 is 19.7 Å². The van der Waals surface area contributed by atoms with Gasteiger partial charge >= 0.3 is 0 Å². The molecular formula is C19H19N3O4. The van der Waals surface area contributed by atoms with E-state index in [1.54, 1.807) is 18.3 Å². The van der Waals surface area contributed by atoms with E-state index in [2.05, 4.69) is 15.5 Å². The molecule has 0 aliphatic rings. The summed E-state index contributed by atoms with van der Waals surface area (Å²) in [4.78, 5) is 16.2. The molecule has 134 valence electrons. The molecule has 7 heteroatoms. The van der Waals surface area contributed by atoms with Crippen molar-refractivity contribution in [3.8, 4) is 17.1 Å². The Morgan fingerprint density at radius 3 is 2.88 bits per heavy atom. The Bertz CT molecular complexity index is 864. The minimum atomic E-state index is -0.849. The predicted octanol–water partition coefficient (Wildman–Crippen LogP) is 2.21. The Kier molecular flexibility index (Phi) is 5.60. The first-order chi connectivity index (χ1) is 12.6. The summed E-state index contributed by atoms with van der Waals surface area (Å²) in [7, 11) is 0. The second-order valence-electron chi connectivity index (χ2n) is 5.78. The summed E-state index contributed by atoms with van der Waals surface area (Å²) in [5.74, 6) is 0.261. The summed E-state index contributed by atoms with van der Waals surface area (Å²) in [6.45, 7) is 2.06. The number of hydrogen-bond donors (Lipinski definition) is 2. The molecule has 0 spiro atoms. The Morgan fingerprint density at radius 2 is 2.12 bits per heavy atom. The van der Waals surface area contributed by atoms with Crippen molar-refractivity contribution in [1.29, 1.82) is 0 Å². The normalized spacial score (nSPS) is 11.8. The van der Waals surface area contributed by atoms with E-state index in [1.165, 1.54) is 6.07 Å². The number of carbonyl (C=O) groups excluding carboxylic acids is 1. The molecule has 0 saturated heterocycles. The molecule has 3 rings (SSSR count). The second-order valence-corrected chi connectivity index (χ2v) is 5.78. The quantitative estimate of drug-likeness (QED) is 0.676. The number of hydrogen-bond acceptors (Lipinski definition) is 6. The molecule has 0 aliphatic heterocycles. The van der Waals surface area contributed by atoms with Crippen molar-refractivity contribution in [2.24, 2.45) is 0 Å². The fraction of sp³-hybridized carbons (Fsp3) is 0.211. The average molecular weight is 353 g/mol. The largest absolute Gasteiger partial charge is 0.491 e. The molecule has 1 atom stereocenters. The van der Waals surface area contributed by atoms with Crippen LogP contribution in [0.25, 0.3) is 11.4 Å². The second kappa shape index (κ2) is 8.26. The molecule has 0 fully saturated rings. The van der Waals surface area contributed by atoms with E-state index in [4.69, 9.17) is 9.26 Å². The Hall–Kier alpha value is -3.19. The van der Waals surface area contributed by atoms with E-state index in [-0.39, 0.29) is 18.9 Å². The lowest BCUT2D eigenvalue weighted by atomic mass is 10.2. The molecule has 7 nitrogen and oxygen atoms in total. The number of amides is 1. The van der Waals surface area contributed by atoms with E-state index < -0.39 is 12.0 Å². The highest BCUT2D eigenvalue weighted by atomic mass is 16.5. The maximum Gasteiger partial charge on any atom is 0.290 e. The van der Waals surface area contributed by atoms with Crippen LogP contribution in [0.2, 0.25) is 0 Å². The van der Waals surface area contributed by atoms with Gasteiger partial charge in [0.2, 0.25) is 5.76 Å². The van der Waals surface area contributed by atoms with Crippen LogP contribution in [0.15, 0.2) is 59.3 Å². The smallest absolute Gasteiger partial charge is 0.290 e. The van der Waals surface area contributed by atoms with Crippen LogP contribution in [0.4, 0.5) is 0 Å². The molecule has 2 N–H and O–H groups in total. The molecule has 0 unspecified atom stereocenters. The molecule has 0 saturated carbocycles. The molecule has 26 heavy (non-hydrogen) atoms. The number of aliphatic hydroxyl groups excluding tert-OH is 1. The van der Waals surface area contributed by atoms with Gasteiger partial charge in [0.15, 0.2) is 0 Å². The maximum absolute atomic E-state index is 12.1. The molecule has 0 radical (unpaired) electrons. The average Bonchev–Trinajstić information content (AvgIpc) is 3.15. The van der Waals surface area contributed by atoms with Gasteiger partial charge in [0.05, 0.1) is 5.69 Å². The monoisotopic (exact) mass is 353 g/mol. The number of benzene rings is 1. The molecule has 2 aromatic heterocycles. The van der Waals surface area contributed by atoms with Crippen LogP contribution in [-0.2, 0) is 0 Å². The highest BCUT2D eigenvalue weighted by molar-refractivity contribution is 5.92. The number of rotatable bonds is 7. The Morgan fingerprint density at radius 1 is 1.23 bits per heavy atom. The molecular weight excluding hydrogens is 334 g/mol. The zero-order chi connectivity index (χ0) is 18.4. The van der Waals surface area contributed by atoms with Crippen molar-refractivity contribution in [3.05, 3.63) is 66.1 Å². The van der Waals surface area contributed by atoms with Crippen molar-refractivity contribution in [2.45, 2.75) is 13.0 Å². The SMILES string of the molecule is Cc1cccc(OC[C@@H](O)CNC(=O)c2cc(-c3ccccn3)no2)c1. The van der Waals surface area contributed by atoms with Crippen LogP contribution >= 0.6 is 0 Å². The minimum Gasteiger partial charge on any atom is -0.491 e. The third kappa shape index (κ3) is 4.67. The van der Waals surface area contributed by atoms with E-state index in [1.807, 2.05) is 37.3 Å². The lowest BCUT2D eigenvalue weighted by Crippen LogP contribution is -2.35. The molecule has 1 aromatic carbocycles. The molecule has 1 amide bonds. The summed E-state index contributed by atoms with van der Waals surface area (Å²) in [5, 5.41) is 16.4. The third-order valence-corrected chi connectivity index (χ3v) is 3.59. The summed E-state index contributed by atoms with van der Waals surface area (Å²) in [5.41, 5.74) is 2.15. The Balaban J connectivity index is 1.48. The zero-order valence-electron chi connectivity index (χ0n) is 14.3. The van der Waals surface area contributed by atoms with Gasteiger partial charge in [-0.1, -0.05) is 23.4 Å². The maximum atomic E-state index is 12.1. The van der Waals surface area contributed by atoms with Crippen LogP contribution in [0.5, 0.6) is 5.75 Å². The van der Waals surface area contributed by atoms with Crippen molar-refractivity contribution < 1.29 is 19.2 Å². The number of aryl methyl sites for hydroxylation is 1. The molecule has 0 bridgehead atoms. The van der Waals surface area contributed by atoms with Gasteiger partial charge in [0, 0.05) is 18.8 Å². The van der Waals surface area contributed by atoms with Crippen molar-refractivity contribution in [1.82, 2.24) is 15.5 Å². The number of ether oxygens (including phenoxy) is 1. The first kappa shape index (κ1) is 17.6. The molecule has 0 aliphatic carbocycles. The number of nitrogens with one attached hydrogen (secondary N) is 1. The number of pyridine rings is 1. The van der Waals surface area contributed by atoms with Gasteiger partial charge in [-0.3, -0.25) is 9.78 Å². The standard InChI is InChI=1S/C19H19N3O4/c1-13-5-4-6-15(9-13)25-12-14(23)11-21-19(24)18-10-17(22-26-18)16-7-2-3-8-20-16/h2-10,14,23H,11-12H2,1H3,(H,21,24)/t14-/m0/s1. The van der Waals surface area contributed by atoms with Crippen LogP contribution in [0.1, 0.15) is 16.1 Å². The lowest BCUT2D eigenvalue weighted by molar-refractivity contribution is 0.0815. The summed E-state index contributed by atoms with van der Waals surface area (Å²) in [6.07, 6.45) is 0.784. The van der Waals surface area contributed by atoms with Crippen LogP contribution < -0.4 is 10.1 Å². The van der Waals surface area contributed by atoms with E-state index in [0.29, 0.717) is 17.1 Å². The van der Waals surface area contributed by atoms with Crippen molar-refractivity contribution in [2.75, 3.05) is 13.2 Å². The van der Waals surface area contributed by atoms with Gasteiger partial charge in [-0.15, -0.1) is 0 Å². The summed E-state index contributed by atoms with van der Waals surface area (Å²) < 4.78 is 10.5. The number of carbonyl (C=O) groups is 1. The van der Waals surface area contributed by atoms with E-state index in [0.717, 1.165) is 5.56 Å². The van der Waals surface area contributed by atoms with E-state index >= 15 is 0 Å². The number of aromatic nitrogens is 2. The zero-order valence-corrected chi connectivity index (χ0v) is 14.3. The number of aliphatic hydroxyl groups is 1. The fourth-order valence-electron chi connectivity index (χ4n) is 2.27. The van der Waals surface area contributed by atoms with Gasteiger partial charge in [-0.2, -0.15) is 0 Å². The first-order valence-electron chi connectivity index (χ1n) is 8.15. The molecule has 3 aromatic rings.